The molecule has 0 amide bonds. The predicted octanol–water partition coefficient (Wildman–Crippen LogP) is 1.91. The minimum Gasteiger partial charge on any atom is -0.335 e. The smallest absolute Gasteiger partial charge is 0.143 e. The quantitative estimate of drug-likeness (QED) is 0.376. The van der Waals surface area contributed by atoms with E-state index in [0.717, 1.165) is 11.0 Å². The molecule has 0 atom stereocenters. The van der Waals surface area contributed by atoms with Gasteiger partial charge in [-0.3, -0.25) is 0 Å². The molecule has 0 radical (unpaired) electrons. The van der Waals surface area contributed by atoms with Crippen LogP contribution < -0.4 is 0 Å². The molecule has 0 spiro atoms. The number of hydrogen-bond donors (Lipinski definition) is 0. The summed E-state index contributed by atoms with van der Waals surface area (Å²) in [6.45, 7) is 0. The molecule has 0 aliphatic carbocycles. The Morgan fingerprint density at radius 3 is 3.15 bits per heavy atom. The van der Waals surface area contributed by atoms with Crippen LogP contribution in [0.15, 0.2) is 23.7 Å². The SMILES string of the molecule is Cn1ccc2c(N=[N+]=[N-])ncnc21. The Hall–Kier alpha value is -2.07. The Bertz CT molecular complexity index is 493. The van der Waals surface area contributed by atoms with Crippen LogP contribution in [-0.4, -0.2) is 14.5 Å². The van der Waals surface area contributed by atoms with Crippen LogP contribution in [0, 0.1) is 0 Å². The molecular weight excluding hydrogens is 168 g/mol. The number of rotatable bonds is 1. The average molecular weight is 174 g/mol. The van der Waals surface area contributed by atoms with E-state index in [2.05, 4.69) is 20.0 Å². The molecule has 0 fully saturated rings. The van der Waals surface area contributed by atoms with Gasteiger partial charge in [-0.05, 0) is 16.7 Å². The van der Waals surface area contributed by atoms with Crippen molar-refractivity contribution in [3.8, 4) is 0 Å². The van der Waals surface area contributed by atoms with E-state index in [1.807, 2.05) is 23.9 Å². The van der Waals surface area contributed by atoms with Crippen molar-refractivity contribution in [1.82, 2.24) is 14.5 Å². The van der Waals surface area contributed by atoms with Gasteiger partial charge in [0.25, 0.3) is 0 Å². The van der Waals surface area contributed by atoms with Crippen molar-refractivity contribution in [3.63, 3.8) is 0 Å². The molecule has 2 aromatic heterocycles. The zero-order valence-electron chi connectivity index (χ0n) is 6.92. The molecule has 2 rings (SSSR count). The molecule has 0 unspecified atom stereocenters. The molecule has 0 saturated heterocycles. The highest BCUT2D eigenvalue weighted by molar-refractivity contribution is 5.85. The number of aromatic nitrogens is 3. The lowest BCUT2D eigenvalue weighted by atomic mass is 10.4. The van der Waals surface area contributed by atoms with Gasteiger partial charge in [0.1, 0.15) is 17.8 Å². The number of fused-ring (bicyclic) bond motifs is 1. The van der Waals surface area contributed by atoms with Gasteiger partial charge in [0.15, 0.2) is 0 Å². The highest BCUT2D eigenvalue weighted by Crippen LogP contribution is 2.21. The Morgan fingerprint density at radius 1 is 1.54 bits per heavy atom. The van der Waals surface area contributed by atoms with Crippen LogP contribution in [0.4, 0.5) is 5.82 Å². The Morgan fingerprint density at radius 2 is 2.38 bits per heavy atom. The molecule has 64 valence electrons. The summed E-state index contributed by atoms with van der Waals surface area (Å²) >= 11 is 0. The highest BCUT2D eigenvalue weighted by Gasteiger charge is 2.03. The lowest BCUT2D eigenvalue weighted by molar-refractivity contribution is 0.943. The molecule has 0 N–H and O–H groups in total. The van der Waals surface area contributed by atoms with Crippen LogP contribution >= 0.6 is 0 Å². The average Bonchev–Trinajstić information content (AvgIpc) is 2.50. The minimum atomic E-state index is 0.369. The van der Waals surface area contributed by atoms with E-state index >= 15 is 0 Å². The standard InChI is InChI=1S/C7H6N6/c1-13-3-2-5-6(11-12-8)9-4-10-7(5)13/h2-4H,1H3. The first-order chi connectivity index (χ1) is 6.33. The Kier molecular flexibility index (Phi) is 1.61. The minimum absolute atomic E-state index is 0.369. The van der Waals surface area contributed by atoms with E-state index in [1.165, 1.54) is 6.33 Å². The molecule has 13 heavy (non-hydrogen) atoms. The topological polar surface area (TPSA) is 79.5 Å². The van der Waals surface area contributed by atoms with Gasteiger partial charge in [-0.1, -0.05) is 0 Å². The molecule has 0 bridgehead atoms. The third-order valence-corrected chi connectivity index (χ3v) is 1.78. The zero-order chi connectivity index (χ0) is 9.26. The van der Waals surface area contributed by atoms with Gasteiger partial charge < -0.3 is 4.57 Å². The summed E-state index contributed by atoms with van der Waals surface area (Å²) in [5.74, 6) is 0.369. The summed E-state index contributed by atoms with van der Waals surface area (Å²) in [6.07, 6.45) is 3.22. The molecule has 0 aliphatic heterocycles. The monoisotopic (exact) mass is 174 g/mol. The summed E-state index contributed by atoms with van der Waals surface area (Å²) in [6, 6.07) is 1.82. The van der Waals surface area contributed by atoms with Crippen molar-refractivity contribution >= 4 is 16.9 Å². The van der Waals surface area contributed by atoms with E-state index in [9.17, 15) is 0 Å². The second-order valence-corrected chi connectivity index (χ2v) is 2.55. The van der Waals surface area contributed by atoms with Crippen molar-refractivity contribution in [2.24, 2.45) is 12.2 Å². The largest absolute Gasteiger partial charge is 0.335 e. The lowest BCUT2D eigenvalue weighted by Crippen LogP contribution is -1.87. The molecule has 0 aromatic carbocycles. The lowest BCUT2D eigenvalue weighted by Gasteiger charge is -1.94. The summed E-state index contributed by atoms with van der Waals surface area (Å²) < 4.78 is 1.84. The molecule has 0 aliphatic rings. The maximum Gasteiger partial charge on any atom is 0.143 e. The van der Waals surface area contributed by atoms with Crippen LogP contribution in [0.1, 0.15) is 0 Å². The summed E-state index contributed by atoms with van der Waals surface area (Å²) in [7, 11) is 1.87. The number of aryl methyl sites for hydroxylation is 1. The maximum absolute atomic E-state index is 8.28. The summed E-state index contributed by atoms with van der Waals surface area (Å²) in [5, 5.41) is 4.23. The Balaban J connectivity index is 2.84. The second-order valence-electron chi connectivity index (χ2n) is 2.55. The van der Waals surface area contributed by atoms with Gasteiger partial charge in [0.2, 0.25) is 0 Å². The third-order valence-electron chi connectivity index (χ3n) is 1.78. The van der Waals surface area contributed by atoms with Crippen LogP contribution in [0.25, 0.3) is 21.5 Å². The summed E-state index contributed by atoms with van der Waals surface area (Å²) in [4.78, 5) is 10.6. The van der Waals surface area contributed by atoms with E-state index in [4.69, 9.17) is 5.53 Å². The van der Waals surface area contributed by atoms with Crippen molar-refractivity contribution in [1.29, 1.82) is 0 Å². The zero-order valence-corrected chi connectivity index (χ0v) is 6.92. The van der Waals surface area contributed by atoms with E-state index < -0.39 is 0 Å². The van der Waals surface area contributed by atoms with E-state index in [-0.39, 0.29) is 0 Å². The number of nitrogens with zero attached hydrogens (tertiary/aromatic N) is 6. The maximum atomic E-state index is 8.28. The van der Waals surface area contributed by atoms with Crippen molar-refractivity contribution < 1.29 is 0 Å². The predicted molar refractivity (Wildman–Crippen MR) is 47.3 cm³/mol. The molecule has 2 heterocycles. The van der Waals surface area contributed by atoms with Crippen LogP contribution in [0.3, 0.4) is 0 Å². The van der Waals surface area contributed by atoms with Gasteiger partial charge >= 0.3 is 0 Å². The Labute approximate surface area is 73.5 Å². The second kappa shape index (κ2) is 2.76. The first-order valence-electron chi connectivity index (χ1n) is 3.64. The number of azide groups is 1. The van der Waals surface area contributed by atoms with Gasteiger partial charge in [-0.25, -0.2) is 9.97 Å². The van der Waals surface area contributed by atoms with Crippen molar-refractivity contribution in [2.45, 2.75) is 0 Å². The first kappa shape index (κ1) is 7.57. The van der Waals surface area contributed by atoms with E-state index in [0.29, 0.717) is 5.82 Å². The van der Waals surface area contributed by atoms with Crippen LogP contribution in [0.5, 0.6) is 0 Å². The molecule has 6 heteroatoms. The van der Waals surface area contributed by atoms with Crippen LogP contribution in [0.2, 0.25) is 0 Å². The van der Waals surface area contributed by atoms with Gasteiger partial charge in [0.05, 0.1) is 0 Å². The van der Waals surface area contributed by atoms with Gasteiger partial charge in [-0.2, -0.15) is 0 Å². The summed E-state index contributed by atoms with van der Waals surface area (Å²) in [5.41, 5.74) is 9.04. The molecule has 6 nitrogen and oxygen atoms in total. The molecular formula is C7H6N6. The molecule has 0 saturated carbocycles. The number of hydrogen-bond acceptors (Lipinski definition) is 3. The fraction of sp³-hybridized carbons (Fsp3) is 0.143. The fourth-order valence-electron chi connectivity index (χ4n) is 1.19. The van der Waals surface area contributed by atoms with Crippen molar-refractivity contribution in [2.75, 3.05) is 0 Å². The molecule has 2 aromatic rings. The highest BCUT2D eigenvalue weighted by atomic mass is 15.2. The van der Waals surface area contributed by atoms with Crippen LogP contribution in [-0.2, 0) is 7.05 Å². The first-order valence-corrected chi connectivity index (χ1v) is 3.64. The van der Waals surface area contributed by atoms with Gasteiger partial charge in [-0.15, -0.1) is 0 Å². The normalized spacial score (nSPS) is 9.92. The third kappa shape index (κ3) is 1.09. The van der Waals surface area contributed by atoms with Gasteiger partial charge in [0, 0.05) is 23.5 Å². The van der Waals surface area contributed by atoms with E-state index in [1.54, 1.807) is 0 Å². The fourth-order valence-corrected chi connectivity index (χ4v) is 1.19. The van der Waals surface area contributed by atoms with Crippen molar-refractivity contribution in [3.05, 3.63) is 29.0 Å².